The van der Waals surface area contributed by atoms with E-state index >= 15 is 0 Å². The van der Waals surface area contributed by atoms with Crippen LogP contribution < -0.4 is 5.32 Å². The Morgan fingerprint density at radius 1 is 1.25 bits per heavy atom. The Morgan fingerprint density at radius 3 is 2.67 bits per heavy atom. The van der Waals surface area contributed by atoms with Crippen molar-refractivity contribution in [2.45, 2.75) is 26.4 Å². The number of rotatable bonds is 6. The molecule has 0 aliphatic carbocycles. The third-order valence-electron chi connectivity index (χ3n) is 3.72. The maximum absolute atomic E-state index is 12.7. The first kappa shape index (κ1) is 15.9. The number of carbonyl (C=O) groups is 1. The third-order valence-corrected chi connectivity index (χ3v) is 3.72. The highest BCUT2D eigenvalue weighted by atomic mass is 16.2. The van der Waals surface area contributed by atoms with E-state index in [1.165, 1.54) is 11.0 Å². The summed E-state index contributed by atoms with van der Waals surface area (Å²) in [6.45, 7) is 5.04. The molecule has 124 valence electrons. The number of amides is 1. The zero-order valence-corrected chi connectivity index (χ0v) is 13.6. The fourth-order valence-electron chi connectivity index (χ4n) is 2.63. The maximum Gasteiger partial charge on any atom is 0.249 e. The third kappa shape index (κ3) is 3.48. The summed E-state index contributed by atoms with van der Waals surface area (Å²) in [7, 11) is 0. The Morgan fingerprint density at radius 2 is 2.04 bits per heavy atom. The highest BCUT2D eigenvalue weighted by Crippen LogP contribution is 2.16. The van der Waals surface area contributed by atoms with Crippen molar-refractivity contribution in [3.05, 3.63) is 59.7 Å². The van der Waals surface area contributed by atoms with Crippen molar-refractivity contribution >= 4 is 5.91 Å². The molecule has 1 N–H and O–H groups in total. The van der Waals surface area contributed by atoms with Crippen molar-refractivity contribution in [2.24, 2.45) is 0 Å². The van der Waals surface area contributed by atoms with E-state index in [1.807, 2.05) is 54.9 Å². The topological polar surface area (TPSA) is 90.5 Å². The Labute approximate surface area is 139 Å². The summed E-state index contributed by atoms with van der Waals surface area (Å²) in [6.07, 6.45) is 1.44. The minimum Gasteiger partial charge on any atom is -0.352 e. The number of nitrogens with zero attached hydrogens (tertiary/aromatic N) is 6. The molecule has 0 saturated heterocycles. The van der Waals surface area contributed by atoms with Crippen molar-refractivity contribution < 1.29 is 4.79 Å². The second-order valence-electron chi connectivity index (χ2n) is 5.54. The lowest BCUT2D eigenvalue weighted by atomic mass is 10.1. The average Bonchev–Trinajstić information content (AvgIpc) is 3.19. The molecule has 1 amide bonds. The highest BCUT2D eigenvalue weighted by Gasteiger charge is 2.23. The Hall–Kier alpha value is -3.03. The van der Waals surface area contributed by atoms with E-state index in [4.69, 9.17) is 0 Å². The standard InChI is InChI=1S/C16H19N7O/c1-12-10-13(2)22(19-12)9-8-17-16(24)15(23-11-18-20-21-23)14-6-4-3-5-7-14/h3-7,10-11,15H,8-9H2,1-2H3,(H,17,24). The van der Waals surface area contributed by atoms with Crippen LogP contribution in [0.25, 0.3) is 0 Å². The van der Waals surface area contributed by atoms with Gasteiger partial charge in [0, 0.05) is 12.2 Å². The molecule has 0 aliphatic heterocycles. The normalized spacial score (nSPS) is 12.1. The Bertz CT molecular complexity index is 795. The largest absolute Gasteiger partial charge is 0.352 e. The molecule has 0 radical (unpaired) electrons. The smallest absolute Gasteiger partial charge is 0.249 e. The second kappa shape index (κ2) is 7.03. The lowest BCUT2D eigenvalue weighted by Gasteiger charge is -2.16. The van der Waals surface area contributed by atoms with Crippen LogP contribution in [-0.2, 0) is 11.3 Å². The monoisotopic (exact) mass is 325 g/mol. The van der Waals surface area contributed by atoms with E-state index in [2.05, 4.69) is 25.9 Å². The molecule has 2 heterocycles. The SMILES string of the molecule is Cc1cc(C)n(CCNC(=O)C(c2ccccc2)n2cnnn2)n1. The van der Waals surface area contributed by atoms with Gasteiger partial charge in [0.15, 0.2) is 6.04 Å². The summed E-state index contributed by atoms with van der Waals surface area (Å²) in [5, 5.41) is 18.5. The summed E-state index contributed by atoms with van der Waals surface area (Å²) in [4.78, 5) is 12.7. The minimum atomic E-state index is -0.596. The number of nitrogens with one attached hydrogen (secondary N) is 1. The van der Waals surface area contributed by atoms with Crippen molar-refractivity contribution in [1.82, 2.24) is 35.3 Å². The molecule has 1 atom stereocenters. The van der Waals surface area contributed by atoms with Crippen LogP contribution in [0, 0.1) is 13.8 Å². The van der Waals surface area contributed by atoms with Gasteiger partial charge in [-0.3, -0.25) is 9.48 Å². The van der Waals surface area contributed by atoms with E-state index in [0.717, 1.165) is 17.0 Å². The van der Waals surface area contributed by atoms with Crippen molar-refractivity contribution in [3.8, 4) is 0 Å². The number of benzene rings is 1. The molecule has 8 heteroatoms. The van der Waals surface area contributed by atoms with Gasteiger partial charge in [0.1, 0.15) is 6.33 Å². The molecule has 2 aromatic heterocycles. The summed E-state index contributed by atoms with van der Waals surface area (Å²) in [5.41, 5.74) is 2.87. The van der Waals surface area contributed by atoms with Gasteiger partial charge in [-0.2, -0.15) is 5.10 Å². The second-order valence-corrected chi connectivity index (χ2v) is 5.54. The molecule has 1 unspecified atom stereocenters. The number of hydrogen-bond acceptors (Lipinski definition) is 5. The average molecular weight is 325 g/mol. The zero-order valence-electron chi connectivity index (χ0n) is 13.6. The number of carbonyl (C=O) groups excluding carboxylic acids is 1. The number of hydrogen-bond donors (Lipinski definition) is 1. The van der Waals surface area contributed by atoms with Crippen LogP contribution in [0.15, 0.2) is 42.7 Å². The van der Waals surface area contributed by atoms with Gasteiger partial charge in [0.2, 0.25) is 5.91 Å². The van der Waals surface area contributed by atoms with Crippen LogP contribution in [0.5, 0.6) is 0 Å². The quantitative estimate of drug-likeness (QED) is 0.727. The first-order valence-corrected chi connectivity index (χ1v) is 7.71. The van der Waals surface area contributed by atoms with Gasteiger partial charge in [0.25, 0.3) is 0 Å². The Kier molecular flexibility index (Phi) is 4.64. The molecule has 0 fully saturated rings. The van der Waals surface area contributed by atoms with Crippen LogP contribution in [0.1, 0.15) is 23.0 Å². The van der Waals surface area contributed by atoms with Crippen molar-refractivity contribution in [3.63, 3.8) is 0 Å². The van der Waals surface area contributed by atoms with Gasteiger partial charge in [0.05, 0.1) is 12.2 Å². The fraction of sp³-hybridized carbons (Fsp3) is 0.312. The van der Waals surface area contributed by atoms with Gasteiger partial charge in [-0.25, -0.2) is 4.68 Å². The molecule has 24 heavy (non-hydrogen) atoms. The van der Waals surface area contributed by atoms with Gasteiger partial charge < -0.3 is 5.32 Å². The van der Waals surface area contributed by atoms with Crippen LogP contribution in [0.3, 0.4) is 0 Å². The molecule has 8 nitrogen and oxygen atoms in total. The first-order chi connectivity index (χ1) is 11.6. The molecule has 0 saturated carbocycles. The predicted octanol–water partition coefficient (Wildman–Crippen LogP) is 0.892. The van der Waals surface area contributed by atoms with Crippen LogP contribution in [0.2, 0.25) is 0 Å². The van der Waals surface area contributed by atoms with Crippen molar-refractivity contribution in [2.75, 3.05) is 6.54 Å². The van der Waals surface area contributed by atoms with E-state index in [0.29, 0.717) is 13.1 Å². The molecule has 0 aliphatic rings. The number of tetrazole rings is 1. The Balaban J connectivity index is 1.69. The summed E-state index contributed by atoms with van der Waals surface area (Å²) < 4.78 is 3.33. The van der Waals surface area contributed by atoms with Gasteiger partial charge in [-0.05, 0) is 35.9 Å². The van der Waals surface area contributed by atoms with Gasteiger partial charge in [-0.15, -0.1) is 5.10 Å². The van der Waals surface area contributed by atoms with E-state index in [-0.39, 0.29) is 5.91 Å². The van der Waals surface area contributed by atoms with E-state index in [1.54, 1.807) is 0 Å². The number of aromatic nitrogens is 6. The fourth-order valence-corrected chi connectivity index (χ4v) is 2.63. The molecular weight excluding hydrogens is 306 g/mol. The summed E-state index contributed by atoms with van der Waals surface area (Å²) in [6, 6.07) is 10.9. The van der Waals surface area contributed by atoms with Gasteiger partial charge in [-0.1, -0.05) is 30.3 Å². The minimum absolute atomic E-state index is 0.157. The van der Waals surface area contributed by atoms with Crippen LogP contribution >= 0.6 is 0 Å². The maximum atomic E-state index is 12.7. The van der Waals surface area contributed by atoms with Gasteiger partial charge >= 0.3 is 0 Å². The lowest BCUT2D eigenvalue weighted by molar-refractivity contribution is -0.123. The predicted molar refractivity (Wildman–Crippen MR) is 87.1 cm³/mol. The highest BCUT2D eigenvalue weighted by molar-refractivity contribution is 5.83. The summed E-state index contributed by atoms with van der Waals surface area (Å²) >= 11 is 0. The zero-order chi connectivity index (χ0) is 16.9. The first-order valence-electron chi connectivity index (χ1n) is 7.71. The molecule has 0 bridgehead atoms. The molecule has 0 spiro atoms. The number of aryl methyl sites for hydroxylation is 2. The van der Waals surface area contributed by atoms with E-state index in [9.17, 15) is 4.79 Å². The summed E-state index contributed by atoms with van der Waals surface area (Å²) in [5.74, 6) is -0.157. The lowest BCUT2D eigenvalue weighted by Crippen LogP contribution is -2.35. The van der Waals surface area contributed by atoms with E-state index < -0.39 is 6.04 Å². The van der Waals surface area contributed by atoms with Crippen molar-refractivity contribution in [1.29, 1.82) is 0 Å². The van der Waals surface area contributed by atoms with Crippen LogP contribution in [-0.4, -0.2) is 42.4 Å². The molecular formula is C16H19N7O. The van der Waals surface area contributed by atoms with Crippen LogP contribution in [0.4, 0.5) is 0 Å². The molecule has 1 aromatic carbocycles. The molecule has 3 aromatic rings. The molecule has 3 rings (SSSR count).